The summed E-state index contributed by atoms with van der Waals surface area (Å²) in [6.07, 6.45) is 4.62. The number of ketones is 1. The molecule has 3 rings (SSSR count). The van der Waals surface area contributed by atoms with Crippen molar-refractivity contribution in [1.82, 2.24) is 0 Å². The van der Waals surface area contributed by atoms with Gasteiger partial charge in [0, 0.05) is 5.39 Å². The average molecular weight is 276 g/mol. The van der Waals surface area contributed by atoms with Crippen LogP contribution >= 0.6 is 0 Å². The van der Waals surface area contributed by atoms with Crippen LogP contribution in [0.15, 0.2) is 28.7 Å². The predicted octanol–water partition coefficient (Wildman–Crippen LogP) is 3.84. The number of hydrogen-bond acceptors (Lipinski definition) is 3. The number of halogens is 1. The Morgan fingerprint density at radius 3 is 2.55 bits per heavy atom. The second-order valence-corrected chi connectivity index (χ2v) is 5.54. The van der Waals surface area contributed by atoms with E-state index >= 15 is 0 Å². The van der Waals surface area contributed by atoms with Gasteiger partial charge in [-0.05, 0) is 25.0 Å². The third kappa shape index (κ3) is 2.24. The molecule has 0 spiro atoms. The van der Waals surface area contributed by atoms with Crippen molar-refractivity contribution in [2.45, 2.75) is 44.1 Å². The maximum absolute atomic E-state index is 13.6. The highest BCUT2D eigenvalue weighted by Crippen LogP contribution is 2.32. The van der Waals surface area contributed by atoms with Gasteiger partial charge in [-0.1, -0.05) is 37.8 Å². The Labute approximate surface area is 116 Å². The van der Waals surface area contributed by atoms with Gasteiger partial charge in [0.05, 0.1) is 0 Å². The van der Waals surface area contributed by atoms with Gasteiger partial charge < -0.3 is 9.52 Å². The maximum Gasteiger partial charge on any atom is 0.229 e. The molecular formula is C16H17FO3. The summed E-state index contributed by atoms with van der Waals surface area (Å²) >= 11 is 0. The standard InChI is InChI=1S/C16H17FO3/c17-12-7-5-6-11-10-13(20-14(11)12)15(18)16(19)8-3-1-2-4-9-16/h5-7,10,19H,1-4,8-9H2. The average Bonchev–Trinajstić information content (AvgIpc) is 2.75. The van der Waals surface area contributed by atoms with E-state index in [0.717, 1.165) is 25.7 Å². The molecule has 1 fully saturated rings. The van der Waals surface area contributed by atoms with Gasteiger partial charge in [0.1, 0.15) is 5.60 Å². The van der Waals surface area contributed by atoms with Crippen LogP contribution < -0.4 is 0 Å². The molecule has 1 aromatic heterocycles. The van der Waals surface area contributed by atoms with E-state index in [1.54, 1.807) is 12.1 Å². The molecule has 1 aromatic carbocycles. The van der Waals surface area contributed by atoms with Gasteiger partial charge >= 0.3 is 0 Å². The topological polar surface area (TPSA) is 50.4 Å². The molecule has 4 heteroatoms. The minimum absolute atomic E-state index is 0.0505. The molecule has 1 aliphatic rings. The number of fused-ring (bicyclic) bond motifs is 1. The summed E-state index contributed by atoms with van der Waals surface area (Å²) in [6.45, 7) is 0. The molecule has 3 nitrogen and oxygen atoms in total. The maximum atomic E-state index is 13.6. The van der Waals surface area contributed by atoms with Crippen molar-refractivity contribution in [1.29, 1.82) is 0 Å². The molecule has 0 unspecified atom stereocenters. The van der Waals surface area contributed by atoms with Gasteiger partial charge in [-0.3, -0.25) is 4.79 Å². The van der Waals surface area contributed by atoms with E-state index < -0.39 is 17.2 Å². The zero-order valence-electron chi connectivity index (χ0n) is 11.2. The van der Waals surface area contributed by atoms with Gasteiger partial charge in [0.15, 0.2) is 17.2 Å². The van der Waals surface area contributed by atoms with E-state index in [1.165, 1.54) is 12.1 Å². The first-order valence-electron chi connectivity index (χ1n) is 7.05. The summed E-state index contributed by atoms with van der Waals surface area (Å²) in [7, 11) is 0. The molecule has 20 heavy (non-hydrogen) atoms. The van der Waals surface area contributed by atoms with E-state index in [1.807, 2.05) is 0 Å². The fraction of sp³-hybridized carbons (Fsp3) is 0.438. The van der Waals surface area contributed by atoms with Crippen molar-refractivity contribution in [2.75, 3.05) is 0 Å². The smallest absolute Gasteiger partial charge is 0.229 e. The Kier molecular flexibility index (Phi) is 3.34. The first-order chi connectivity index (χ1) is 9.60. The Bertz CT molecular complexity index is 636. The third-order valence-corrected chi connectivity index (χ3v) is 4.07. The van der Waals surface area contributed by atoms with Gasteiger partial charge in [-0.15, -0.1) is 0 Å². The second kappa shape index (κ2) is 5.02. The van der Waals surface area contributed by atoms with Crippen molar-refractivity contribution >= 4 is 16.8 Å². The van der Waals surface area contributed by atoms with Crippen LogP contribution in [0.4, 0.5) is 4.39 Å². The predicted molar refractivity (Wildman–Crippen MR) is 73.2 cm³/mol. The number of benzene rings is 1. The fourth-order valence-electron chi connectivity index (χ4n) is 2.91. The van der Waals surface area contributed by atoms with Crippen LogP contribution in [0.2, 0.25) is 0 Å². The van der Waals surface area contributed by atoms with Crippen molar-refractivity contribution in [3.05, 3.63) is 35.8 Å². The molecule has 0 saturated heterocycles. The van der Waals surface area contributed by atoms with E-state index in [-0.39, 0.29) is 11.3 Å². The Morgan fingerprint density at radius 2 is 1.90 bits per heavy atom. The monoisotopic (exact) mass is 276 g/mol. The lowest BCUT2D eigenvalue weighted by Gasteiger charge is -2.23. The summed E-state index contributed by atoms with van der Waals surface area (Å²) < 4.78 is 18.9. The number of carbonyl (C=O) groups excluding carboxylic acids is 1. The molecule has 0 bridgehead atoms. The molecule has 1 saturated carbocycles. The highest BCUT2D eigenvalue weighted by molar-refractivity contribution is 6.02. The quantitative estimate of drug-likeness (QED) is 0.669. The number of furan rings is 1. The number of rotatable bonds is 2. The first-order valence-corrected chi connectivity index (χ1v) is 7.05. The molecule has 1 aliphatic carbocycles. The molecule has 1 N–H and O–H groups in total. The zero-order chi connectivity index (χ0) is 14.2. The van der Waals surface area contributed by atoms with E-state index in [9.17, 15) is 14.3 Å². The summed E-state index contributed by atoms with van der Waals surface area (Å²) in [6, 6.07) is 6.07. The minimum Gasteiger partial charge on any atom is -0.450 e. The molecule has 0 aliphatic heterocycles. The van der Waals surface area contributed by atoms with Gasteiger partial charge in [0.25, 0.3) is 0 Å². The first kappa shape index (κ1) is 13.3. The van der Waals surface area contributed by atoms with Gasteiger partial charge in [-0.25, -0.2) is 4.39 Å². The van der Waals surface area contributed by atoms with Crippen molar-refractivity contribution in [2.24, 2.45) is 0 Å². The van der Waals surface area contributed by atoms with Crippen LogP contribution in [0, 0.1) is 5.82 Å². The van der Waals surface area contributed by atoms with Crippen LogP contribution in [-0.4, -0.2) is 16.5 Å². The van der Waals surface area contributed by atoms with Crippen LogP contribution in [0.3, 0.4) is 0 Å². The van der Waals surface area contributed by atoms with Crippen molar-refractivity contribution in [3.63, 3.8) is 0 Å². The molecule has 0 atom stereocenters. The fourth-order valence-corrected chi connectivity index (χ4v) is 2.91. The van der Waals surface area contributed by atoms with Crippen LogP contribution in [-0.2, 0) is 0 Å². The minimum atomic E-state index is -1.36. The number of hydrogen-bond donors (Lipinski definition) is 1. The van der Waals surface area contributed by atoms with Gasteiger partial charge in [0.2, 0.25) is 5.78 Å². The lowest BCUT2D eigenvalue weighted by molar-refractivity contribution is 0.0214. The molecule has 0 radical (unpaired) electrons. The molecular weight excluding hydrogens is 259 g/mol. The lowest BCUT2D eigenvalue weighted by atomic mass is 9.88. The van der Waals surface area contributed by atoms with Crippen molar-refractivity contribution in [3.8, 4) is 0 Å². The normalized spacial score (nSPS) is 18.9. The highest BCUT2D eigenvalue weighted by atomic mass is 19.1. The van der Waals surface area contributed by atoms with Gasteiger partial charge in [-0.2, -0.15) is 0 Å². The highest BCUT2D eigenvalue weighted by Gasteiger charge is 2.38. The largest absolute Gasteiger partial charge is 0.450 e. The lowest BCUT2D eigenvalue weighted by Crippen LogP contribution is -2.37. The summed E-state index contributed by atoms with van der Waals surface area (Å²) in [4.78, 5) is 12.5. The number of aliphatic hydroxyl groups is 1. The molecule has 1 heterocycles. The summed E-state index contributed by atoms with van der Waals surface area (Å²) in [5.41, 5.74) is -1.28. The number of carbonyl (C=O) groups is 1. The van der Waals surface area contributed by atoms with Crippen LogP contribution in [0.5, 0.6) is 0 Å². The zero-order valence-corrected chi connectivity index (χ0v) is 11.2. The van der Waals surface area contributed by atoms with E-state index in [4.69, 9.17) is 4.42 Å². The SMILES string of the molecule is O=C(c1cc2cccc(F)c2o1)C1(O)CCCCCC1. The van der Waals surface area contributed by atoms with E-state index in [0.29, 0.717) is 18.2 Å². The third-order valence-electron chi connectivity index (χ3n) is 4.07. The number of Topliss-reactive ketones (excluding diaryl/α,β-unsaturated/α-hetero) is 1. The Hall–Kier alpha value is -1.68. The molecule has 2 aromatic rings. The summed E-state index contributed by atoms with van der Waals surface area (Å²) in [5.74, 6) is -0.862. The molecule has 106 valence electrons. The van der Waals surface area contributed by atoms with Crippen molar-refractivity contribution < 1.29 is 18.7 Å². The molecule has 0 amide bonds. The number of para-hydroxylation sites is 1. The van der Waals surface area contributed by atoms with Crippen LogP contribution in [0.1, 0.15) is 49.1 Å². The van der Waals surface area contributed by atoms with E-state index in [2.05, 4.69) is 0 Å². The summed E-state index contributed by atoms with van der Waals surface area (Å²) in [5, 5.41) is 11.1. The second-order valence-electron chi connectivity index (χ2n) is 5.54. The Balaban J connectivity index is 1.97. The van der Waals surface area contributed by atoms with Crippen LogP contribution in [0.25, 0.3) is 11.0 Å². The Morgan fingerprint density at radius 1 is 1.20 bits per heavy atom.